The number of carbonyl (C=O) groups excluding carboxylic acids is 2. The van der Waals surface area contributed by atoms with E-state index >= 15 is 0 Å². The van der Waals surface area contributed by atoms with Gasteiger partial charge in [0.05, 0.1) is 6.04 Å². The van der Waals surface area contributed by atoms with Crippen molar-refractivity contribution in [2.45, 2.75) is 13.0 Å². The summed E-state index contributed by atoms with van der Waals surface area (Å²) < 4.78 is 0. The molecular formula is C11H22N4O2. The highest BCUT2D eigenvalue weighted by molar-refractivity contribution is 5.81. The Labute approximate surface area is 102 Å². The lowest BCUT2D eigenvalue weighted by atomic mass is 10.3. The fourth-order valence-corrected chi connectivity index (χ4v) is 1.03. The maximum atomic E-state index is 11.4. The Balaban J connectivity index is 3.63. The first-order chi connectivity index (χ1) is 7.99. The second-order valence-corrected chi connectivity index (χ2v) is 3.84. The number of hydrogen-bond acceptors (Lipinski definition) is 3. The standard InChI is InChI=1S/C11H22N4O2/c1-5-6-13-10(16)9(2)12-7-8-14-11(17)15(3)4/h5,9,12H,1,6-8H2,2-4H3,(H,13,16)(H,14,17). The zero-order valence-electron chi connectivity index (χ0n) is 10.7. The summed E-state index contributed by atoms with van der Waals surface area (Å²) in [6.07, 6.45) is 1.63. The number of amides is 3. The molecule has 0 spiro atoms. The number of urea groups is 1. The highest BCUT2D eigenvalue weighted by atomic mass is 16.2. The van der Waals surface area contributed by atoms with Gasteiger partial charge in [0.2, 0.25) is 5.91 Å². The third-order valence-corrected chi connectivity index (χ3v) is 2.07. The monoisotopic (exact) mass is 242 g/mol. The van der Waals surface area contributed by atoms with Gasteiger partial charge in [-0.15, -0.1) is 6.58 Å². The number of carbonyl (C=O) groups is 2. The largest absolute Gasteiger partial charge is 0.351 e. The summed E-state index contributed by atoms with van der Waals surface area (Å²) in [6, 6.07) is -0.429. The summed E-state index contributed by atoms with van der Waals surface area (Å²) >= 11 is 0. The van der Waals surface area contributed by atoms with Crippen LogP contribution < -0.4 is 16.0 Å². The van der Waals surface area contributed by atoms with Crippen LogP contribution >= 0.6 is 0 Å². The molecule has 1 unspecified atom stereocenters. The van der Waals surface area contributed by atoms with E-state index in [1.54, 1.807) is 27.1 Å². The average molecular weight is 242 g/mol. The summed E-state index contributed by atoms with van der Waals surface area (Å²) in [7, 11) is 3.35. The van der Waals surface area contributed by atoms with Gasteiger partial charge in [-0.05, 0) is 6.92 Å². The number of nitrogens with zero attached hydrogens (tertiary/aromatic N) is 1. The minimum absolute atomic E-state index is 0.0798. The Morgan fingerprint density at radius 1 is 1.29 bits per heavy atom. The minimum Gasteiger partial charge on any atom is -0.351 e. The van der Waals surface area contributed by atoms with Crippen molar-refractivity contribution in [3.8, 4) is 0 Å². The van der Waals surface area contributed by atoms with Gasteiger partial charge in [-0.1, -0.05) is 6.08 Å². The first kappa shape index (κ1) is 15.4. The predicted molar refractivity (Wildman–Crippen MR) is 67.8 cm³/mol. The molecule has 0 aliphatic heterocycles. The van der Waals surface area contributed by atoms with Crippen LogP contribution in [0.4, 0.5) is 4.79 Å². The summed E-state index contributed by atoms with van der Waals surface area (Å²) in [5.74, 6) is -0.0798. The second kappa shape index (κ2) is 8.58. The minimum atomic E-state index is -0.286. The van der Waals surface area contributed by atoms with Crippen molar-refractivity contribution in [3.63, 3.8) is 0 Å². The lowest BCUT2D eigenvalue weighted by Crippen LogP contribution is -2.45. The van der Waals surface area contributed by atoms with Crippen LogP contribution in [-0.2, 0) is 4.79 Å². The van der Waals surface area contributed by atoms with E-state index in [2.05, 4.69) is 22.5 Å². The van der Waals surface area contributed by atoms with E-state index in [4.69, 9.17) is 0 Å². The zero-order chi connectivity index (χ0) is 13.3. The number of nitrogens with one attached hydrogen (secondary N) is 3. The van der Waals surface area contributed by atoms with Gasteiger partial charge in [0.15, 0.2) is 0 Å². The molecule has 1 atom stereocenters. The van der Waals surface area contributed by atoms with Crippen LogP contribution in [0, 0.1) is 0 Å². The molecule has 0 radical (unpaired) electrons. The van der Waals surface area contributed by atoms with Crippen LogP contribution in [-0.4, -0.2) is 56.6 Å². The predicted octanol–water partition coefficient (Wildman–Crippen LogP) is -0.462. The Bertz CT molecular complexity index is 266. The van der Waals surface area contributed by atoms with E-state index in [0.29, 0.717) is 19.6 Å². The van der Waals surface area contributed by atoms with Crippen molar-refractivity contribution >= 4 is 11.9 Å². The highest BCUT2D eigenvalue weighted by Gasteiger charge is 2.10. The SMILES string of the molecule is C=CCNC(=O)C(C)NCCNC(=O)N(C)C. The topological polar surface area (TPSA) is 73.5 Å². The molecule has 0 aromatic heterocycles. The molecule has 17 heavy (non-hydrogen) atoms. The third kappa shape index (κ3) is 7.35. The highest BCUT2D eigenvalue weighted by Crippen LogP contribution is 1.81. The van der Waals surface area contributed by atoms with Gasteiger partial charge in [0.25, 0.3) is 0 Å². The van der Waals surface area contributed by atoms with Crippen molar-refractivity contribution in [1.82, 2.24) is 20.9 Å². The summed E-state index contributed by atoms with van der Waals surface area (Å²) in [4.78, 5) is 24.0. The molecule has 0 bridgehead atoms. The van der Waals surface area contributed by atoms with Gasteiger partial charge < -0.3 is 20.9 Å². The lowest BCUT2D eigenvalue weighted by molar-refractivity contribution is -0.122. The molecule has 3 amide bonds. The first-order valence-corrected chi connectivity index (χ1v) is 5.56. The van der Waals surface area contributed by atoms with Gasteiger partial charge in [-0.25, -0.2) is 4.79 Å². The molecule has 6 nitrogen and oxygen atoms in total. The Hall–Kier alpha value is -1.56. The van der Waals surface area contributed by atoms with Gasteiger partial charge in [0.1, 0.15) is 0 Å². The van der Waals surface area contributed by atoms with Crippen LogP contribution in [0.1, 0.15) is 6.92 Å². The molecule has 6 heteroatoms. The molecule has 98 valence electrons. The van der Waals surface area contributed by atoms with Gasteiger partial charge in [-0.2, -0.15) is 0 Å². The summed E-state index contributed by atoms with van der Waals surface area (Å²) in [5, 5.41) is 8.39. The smallest absolute Gasteiger partial charge is 0.316 e. The summed E-state index contributed by atoms with van der Waals surface area (Å²) in [5.41, 5.74) is 0. The van der Waals surface area contributed by atoms with Crippen molar-refractivity contribution < 1.29 is 9.59 Å². The molecule has 0 rings (SSSR count). The van der Waals surface area contributed by atoms with Crippen LogP contribution in [0.2, 0.25) is 0 Å². The number of hydrogen-bond donors (Lipinski definition) is 3. The van der Waals surface area contributed by atoms with Gasteiger partial charge >= 0.3 is 6.03 Å². The lowest BCUT2D eigenvalue weighted by Gasteiger charge is -2.15. The molecular weight excluding hydrogens is 220 g/mol. The summed E-state index contributed by atoms with van der Waals surface area (Å²) in [6.45, 7) is 6.77. The molecule has 0 aliphatic carbocycles. The van der Waals surface area contributed by atoms with E-state index in [1.807, 2.05) is 0 Å². The zero-order valence-corrected chi connectivity index (χ0v) is 10.7. The van der Waals surface area contributed by atoms with Crippen LogP contribution in [0.5, 0.6) is 0 Å². The van der Waals surface area contributed by atoms with Crippen LogP contribution in [0.3, 0.4) is 0 Å². The van der Waals surface area contributed by atoms with E-state index in [0.717, 1.165) is 0 Å². The third-order valence-electron chi connectivity index (χ3n) is 2.07. The average Bonchev–Trinajstić information content (AvgIpc) is 2.30. The fraction of sp³-hybridized carbons (Fsp3) is 0.636. The molecule has 0 aromatic carbocycles. The maximum Gasteiger partial charge on any atom is 0.316 e. The van der Waals surface area contributed by atoms with Crippen LogP contribution in [0.15, 0.2) is 12.7 Å². The van der Waals surface area contributed by atoms with Crippen molar-refractivity contribution in [3.05, 3.63) is 12.7 Å². The van der Waals surface area contributed by atoms with Gasteiger partial charge in [-0.3, -0.25) is 4.79 Å². The van der Waals surface area contributed by atoms with E-state index in [1.165, 1.54) is 4.90 Å². The maximum absolute atomic E-state index is 11.4. The Morgan fingerprint density at radius 3 is 2.47 bits per heavy atom. The number of rotatable bonds is 7. The van der Waals surface area contributed by atoms with Crippen molar-refractivity contribution in [1.29, 1.82) is 0 Å². The molecule has 0 saturated carbocycles. The quantitative estimate of drug-likeness (QED) is 0.418. The molecule has 0 saturated heterocycles. The Morgan fingerprint density at radius 2 is 1.94 bits per heavy atom. The Kier molecular flexibility index (Phi) is 7.79. The first-order valence-electron chi connectivity index (χ1n) is 5.56. The van der Waals surface area contributed by atoms with Crippen molar-refractivity contribution in [2.24, 2.45) is 0 Å². The van der Waals surface area contributed by atoms with E-state index in [9.17, 15) is 9.59 Å². The molecule has 3 N–H and O–H groups in total. The van der Waals surface area contributed by atoms with Crippen molar-refractivity contribution in [2.75, 3.05) is 33.7 Å². The molecule has 0 fully saturated rings. The van der Waals surface area contributed by atoms with Gasteiger partial charge in [0, 0.05) is 33.7 Å². The van der Waals surface area contributed by atoms with E-state index in [-0.39, 0.29) is 18.0 Å². The fourth-order valence-electron chi connectivity index (χ4n) is 1.03. The molecule has 0 aliphatic rings. The molecule has 0 aromatic rings. The normalized spacial score (nSPS) is 11.5. The second-order valence-electron chi connectivity index (χ2n) is 3.84. The van der Waals surface area contributed by atoms with Crippen LogP contribution in [0.25, 0.3) is 0 Å². The molecule has 0 heterocycles. The van der Waals surface area contributed by atoms with E-state index < -0.39 is 0 Å².